The van der Waals surface area contributed by atoms with E-state index in [1.165, 1.54) is 7.11 Å². The molecule has 2 heterocycles. The Morgan fingerprint density at radius 3 is 2.70 bits per heavy atom. The summed E-state index contributed by atoms with van der Waals surface area (Å²) >= 11 is 1.55. The maximum absolute atomic E-state index is 13.3. The first-order valence-corrected chi connectivity index (χ1v) is 9.45. The summed E-state index contributed by atoms with van der Waals surface area (Å²) in [6.07, 6.45) is 0. The van der Waals surface area contributed by atoms with Crippen molar-refractivity contribution in [3.63, 3.8) is 0 Å². The van der Waals surface area contributed by atoms with E-state index in [1.807, 2.05) is 38.9 Å². The van der Waals surface area contributed by atoms with Gasteiger partial charge in [-0.25, -0.2) is 9.78 Å². The first-order valence-electron chi connectivity index (χ1n) is 8.63. The van der Waals surface area contributed by atoms with Crippen LogP contribution in [-0.4, -0.2) is 41.6 Å². The van der Waals surface area contributed by atoms with Crippen LogP contribution in [0.5, 0.6) is 0 Å². The summed E-state index contributed by atoms with van der Waals surface area (Å²) < 4.78 is 6.50. The summed E-state index contributed by atoms with van der Waals surface area (Å²) in [5.41, 5.74) is 2.27. The third-order valence-corrected chi connectivity index (χ3v) is 5.62. The fourth-order valence-corrected chi connectivity index (χ4v) is 4.07. The number of hydrogen-bond donors (Lipinski definition) is 0. The molecule has 0 atom stereocenters. The van der Waals surface area contributed by atoms with Crippen molar-refractivity contribution in [1.29, 1.82) is 0 Å². The summed E-state index contributed by atoms with van der Waals surface area (Å²) in [5, 5.41) is 0.684. The van der Waals surface area contributed by atoms with Crippen molar-refractivity contribution in [2.75, 3.05) is 21.2 Å². The molecule has 6 nitrogen and oxygen atoms in total. The van der Waals surface area contributed by atoms with Crippen LogP contribution in [0.2, 0.25) is 0 Å². The lowest BCUT2D eigenvalue weighted by molar-refractivity contribution is 0.0600. The van der Waals surface area contributed by atoms with Gasteiger partial charge in [-0.2, -0.15) is 0 Å². The molecule has 0 bridgehead atoms. The minimum atomic E-state index is -0.393. The van der Waals surface area contributed by atoms with Gasteiger partial charge in [-0.1, -0.05) is 12.1 Å². The normalized spacial score (nSPS) is 11.3. The standard InChI is InChI=1S/C20H23N3O3S/c1-12-13(2)27-18-17(12)19(24)23(16(21-18)11-22(3)4)10-14-7-6-8-15(9-14)20(25)26-5/h6-9H,10-11H2,1-5H3. The molecule has 0 fully saturated rings. The van der Waals surface area contributed by atoms with Gasteiger partial charge in [0.05, 0.1) is 31.1 Å². The molecule has 0 aliphatic rings. The van der Waals surface area contributed by atoms with Gasteiger partial charge in [-0.05, 0) is 51.2 Å². The van der Waals surface area contributed by atoms with Gasteiger partial charge < -0.3 is 9.64 Å². The number of hydrogen-bond acceptors (Lipinski definition) is 6. The van der Waals surface area contributed by atoms with Gasteiger partial charge in [0.15, 0.2) is 0 Å². The molecule has 7 heteroatoms. The summed E-state index contributed by atoms with van der Waals surface area (Å²) in [6.45, 7) is 4.88. The molecule has 0 N–H and O–H groups in total. The van der Waals surface area contributed by atoms with Crippen molar-refractivity contribution in [2.45, 2.75) is 26.9 Å². The molecule has 0 saturated carbocycles. The van der Waals surface area contributed by atoms with E-state index in [2.05, 4.69) is 0 Å². The van der Waals surface area contributed by atoms with E-state index >= 15 is 0 Å². The third kappa shape index (κ3) is 3.79. The highest BCUT2D eigenvalue weighted by Crippen LogP contribution is 2.26. The Bertz CT molecular complexity index is 1070. The molecule has 0 saturated heterocycles. The van der Waals surface area contributed by atoms with Gasteiger partial charge in [-0.3, -0.25) is 9.36 Å². The zero-order valence-electron chi connectivity index (χ0n) is 16.2. The molecule has 27 heavy (non-hydrogen) atoms. The summed E-state index contributed by atoms with van der Waals surface area (Å²) in [4.78, 5) is 33.7. The highest BCUT2D eigenvalue weighted by atomic mass is 32.1. The van der Waals surface area contributed by atoms with Crippen molar-refractivity contribution in [3.05, 3.63) is 62.0 Å². The minimum absolute atomic E-state index is 0.0397. The Labute approximate surface area is 162 Å². The lowest BCUT2D eigenvalue weighted by Gasteiger charge is -2.16. The molecule has 0 spiro atoms. The third-order valence-electron chi connectivity index (χ3n) is 4.51. The molecule has 0 amide bonds. The van der Waals surface area contributed by atoms with Crippen LogP contribution in [0.15, 0.2) is 29.1 Å². The van der Waals surface area contributed by atoms with Crippen LogP contribution in [-0.2, 0) is 17.8 Å². The molecule has 0 aliphatic heterocycles. The molecule has 142 valence electrons. The molecule has 0 unspecified atom stereocenters. The number of carbonyl (C=O) groups excluding carboxylic acids is 1. The van der Waals surface area contributed by atoms with Crippen LogP contribution >= 0.6 is 11.3 Å². The summed E-state index contributed by atoms with van der Waals surface area (Å²) in [5.74, 6) is 0.317. The summed E-state index contributed by atoms with van der Waals surface area (Å²) in [7, 11) is 5.25. The van der Waals surface area contributed by atoms with Crippen LogP contribution < -0.4 is 5.56 Å². The zero-order chi connectivity index (χ0) is 19.7. The molecule has 0 radical (unpaired) electrons. The van der Waals surface area contributed by atoms with Gasteiger partial charge in [-0.15, -0.1) is 11.3 Å². The van der Waals surface area contributed by atoms with Crippen LogP contribution in [0, 0.1) is 13.8 Å². The Morgan fingerprint density at radius 1 is 1.30 bits per heavy atom. The Kier molecular flexibility index (Phi) is 5.43. The molecule has 1 aromatic carbocycles. The Balaban J connectivity index is 2.14. The van der Waals surface area contributed by atoms with Crippen LogP contribution in [0.4, 0.5) is 0 Å². The fourth-order valence-electron chi connectivity index (χ4n) is 3.03. The topological polar surface area (TPSA) is 64.4 Å². The highest BCUT2D eigenvalue weighted by Gasteiger charge is 2.17. The van der Waals surface area contributed by atoms with E-state index in [9.17, 15) is 9.59 Å². The largest absolute Gasteiger partial charge is 0.465 e. The molecular formula is C20H23N3O3S. The van der Waals surface area contributed by atoms with Gasteiger partial charge in [0.25, 0.3) is 5.56 Å². The van der Waals surface area contributed by atoms with Crippen molar-refractivity contribution in [1.82, 2.24) is 14.5 Å². The second-order valence-corrected chi connectivity index (χ2v) is 8.02. The van der Waals surface area contributed by atoms with Crippen molar-refractivity contribution >= 4 is 27.5 Å². The van der Waals surface area contributed by atoms with Gasteiger partial charge >= 0.3 is 5.97 Å². The van der Waals surface area contributed by atoms with Crippen LogP contribution in [0.3, 0.4) is 0 Å². The fraction of sp³-hybridized carbons (Fsp3) is 0.350. The molecule has 3 aromatic rings. The number of ether oxygens (including phenoxy) is 1. The first kappa shape index (κ1) is 19.3. The molecule has 3 rings (SSSR count). The number of esters is 1. The number of rotatable bonds is 5. The quantitative estimate of drug-likeness (QED) is 0.632. The average Bonchev–Trinajstić information content (AvgIpc) is 2.91. The van der Waals surface area contributed by atoms with E-state index < -0.39 is 5.97 Å². The maximum Gasteiger partial charge on any atom is 0.337 e. The van der Waals surface area contributed by atoms with Gasteiger partial charge in [0.2, 0.25) is 0 Å². The monoisotopic (exact) mass is 385 g/mol. The lowest BCUT2D eigenvalue weighted by atomic mass is 10.1. The smallest absolute Gasteiger partial charge is 0.337 e. The number of aryl methyl sites for hydroxylation is 2. The minimum Gasteiger partial charge on any atom is -0.465 e. The number of benzene rings is 1. The van der Waals surface area contributed by atoms with E-state index in [1.54, 1.807) is 34.1 Å². The van der Waals surface area contributed by atoms with Gasteiger partial charge in [0.1, 0.15) is 10.7 Å². The average molecular weight is 385 g/mol. The molecular weight excluding hydrogens is 362 g/mol. The second-order valence-electron chi connectivity index (χ2n) is 6.81. The number of methoxy groups -OCH3 is 1. The lowest BCUT2D eigenvalue weighted by Crippen LogP contribution is -2.28. The van der Waals surface area contributed by atoms with Crippen LogP contribution in [0.25, 0.3) is 10.2 Å². The molecule has 0 aliphatic carbocycles. The predicted octanol–water partition coefficient (Wildman–Crippen LogP) is 2.97. The molecule has 2 aromatic heterocycles. The number of thiophene rings is 1. The highest BCUT2D eigenvalue weighted by molar-refractivity contribution is 7.18. The van der Waals surface area contributed by atoms with Crippen LogP contribution in [0.1, 0.15) is 32.2 Å². The number of nitrogens with zero attached hydrogens (tertiary/aromatic N) is 3. The Hall–Kier alpha value is -2.51. The van der Waals surface area contributed by atoms with Crippen molar-refractivity contribution in [2.24, 2.45) is 0 Å². The summed E-state index contributed by atoms with van der Waals surface area (Å²) in [6, 6.07) is 7.15. The first-order chi connectivity index (χ1) is 12.8. The number of aromatic nitrogens is 2. The zero-order valence-corrected chi connectivity index (χ0v) is 17.0. The number of fused-ring (bicyclic) bond motifs is 1. The maximum atomic E-state index is 13.3. The van der Waals surface area contributed by atoms with E-state index in [-0.39, 0.29) is 5.56 Å². The Morgan fingerprint density at radius 2 is 2.04 bits per heavy atom. The van der Waals surface area contributed by atoms with Crippen molar-refractivity contribution in [3.8, 4) is 0 Å². The van der Waals surface area contributed by atoms with E-state index in [4.69, 9.17) is 9.72 Å². The van der Waals surface area contributed by atoms with E-state index in [0.29, 0.717) is 29.9 Å². The number of carbonyl (C=O) groups is 1. The SMILES string of the molecule is COC(=O)c1cccc(Cn2c(CN(C)C)nc3sc(C)c(C)c3c2=O)c1. The van der Waals surface area contributed by atoms with Crippen molar-refractivity contribution < 1.29 is 9.53 Å². The van der Waals surface area contributed by atoms with E-state index in [0.717, 1.165) is 20.8 Å². The second kappa shape index (κ2) is 7.62. The van der Waals surface area contributed by atoms with Gasteiger partial charge in [0, 0.05) is 4.88 Å². The predicted molar refractivity (Wildman–Crippen MR) is 108 cm³/mol.